The summed E-state index contributed by atoms with van der Waals surface area (Å²) in [5.41, 5.74) is -1.04. The van der Waals surface area contributed by atoms with Crippen LogP contribution in [0, 0.1) is 10.6 Å². The Kier molecular flexibility index (Phi) is 5.74. The molecule has 0 rings (SSSR count). The number of aliphatic hydroxyl groups excluding tert-OH is 3. The number of nitrogens with zero attached hydrogens (tertiary/aromatic N) is 1. The molecule has 0 radical (unpaired) electrons. The van der Waals surface area contributed by atoms with Crippen LogP contribution in [0.25, 0.3) is 0 Å². The first kappa shape index (κ1) is 14.3. The van der Waals surface area contributed by atoms with Crippen molar-refractivity contribution in [2.24, 2.45) is 5.41 Å². The maximum atomic E-state index is 11.3. The van der Waals surface area contributed by atoms with Gasteiger partial charge in [-0.25, -0.2) is 0 Å². The number of hydrogen-bond acceptors (Lipinski definition) is 5. The van der Waals surface area contributed by atoms with Gasteiger partial charge in [0.25, 0.3) is 0 Å². The van der Waals surface area contributed by atoms with E-state index in [-0.39, 0.29) is 24.6 Å². The molecular formula is C9H18NO5-. The van der Waals surface area contributed by atoms with E-state index in [1.54, 1.807) is 0 Å². The Bertz CT molecular complexity index is 207. The van der Waals surface area contributed by atoms with Gasteiger partial charge in [-0.1, -0.05) is 13.8 Å². The van der Waals surface area contributed by atoms with E-state index in [2.05, 4.69) is 0 Å². The summed E-state index contributed by atoms with van der Waals surface area (Å²) in [7, 11) is 0. The van der Waals surface area contributed by atoms with Crippen molar-refractivity contribution >= 4 is 5.91 Å². The van der Waals surface area contributed by atoms with Gasteiger partial charge in [0.2, 0.25) is 5.91 Å². The van der Waals surface area contributed by atoms with Crippen LogP contribution < -0.4 is 0 Å². The Morgan fingerprint density at radius 3 is 2.40 bits per heavy atom. The summed E-state index contributed by atoms with van der Waals surface area (Å²) in [6.45, 7) is 2.22. The number of amides is 1. The monoisotopic (exact) mass is 220 g/mol. The van der Waals surface area contributed by atoms with Crippen LogP contribution in [0.4, 0.5) is 0 Å². The van der Waals surface area contributed by atoms with Crippen molar-refractivity contribution in [2.45, 2.75) is 26.4 Å². The Labute approximate surface area is 88.7 Å². The lowest BCUT2D eigenvalue weighted by Crippen LogP contribution is -2.46. The number of hydroxylamine groups is 2. The highest BCUT2D eigenvalue weighted by atomic mass is 16.5. The highest BCUT2D eigenvalue weighted by molar-refractivity contribution is 5.81. The normalized spacial score (nSPS) is 13.7. The highest BCUT2D eigenvalue weighted by Gasteiger charge is 2.33. The van der Waals surface area contributed by atoms with Gasteiger partial charge in [0.15, 0.2) is 0 Å². The molecule has 15 heavy (non-hydrogen) atoms. The zero-order valence-electron chi connectivity index (χ0n) is 9.01. The number of aliphatic hydroxyl groups is 3. The molecule has 0 aromatic rings. The van der Waals surface area contributed by atoms with Gasteiger partial charge >= 0.3 is 0 Å². The van der Waals surface area contributed by atoms with E-state index in [9.17, 15) is 15.1 Å². The summed E-state index contributed by atoms with van der Waals surface area (Å²) >= 11 is 0. The van der Waals surface area contributed by atoms with E-state index < -0.39 is 24.0 Å². The average molecular weight is 220 g/mol. The highest BCUT2D eigenvalue weighted by Crippen LogP contribution is 2.21. The van der Waals surface area contributed by atoms with Crippen molar-refractivity contribution in [2.75, 3.05) is 19.8 Å². The molecule has 0 saturated heterocycles. The molecular weight excluding hydrogens is 202 g/mol. The summed E-state index contributed by atoms with van der Waals surface area (Å²) in [4.78, 5) is 11.3. The molecule has 1 atom stereocenters. The molecule has 0 aliphatic heterocycles. The number of hydrogen-bond donors (Lipinski definition) is 3. The zero-order valence-corrected chi connectivity index (χ0v) is 9.01. The summed E-state index contributed by atoms with van der Waals surface area (Å²) in [5.74, 6) is -0.984. The standard InChI is InChI=1S/C9H18NO5/c1-9(2,6-12)7(13)8(14)10(15)4-3-5-11/h7,11-13H,3-6H2,1-2H3/q-1/t7-/m0/s1. The molecule has 90 valence electrons. The summed E-state index contributed by atoms with van der Waals surface area (Å²) < 4.78 is 0. The van der Waals surface area contributed by atoms with Crippen LogP contribution in [0.5, 0.6) is 0 Å². The van der Waals surface area contributed by atoms with Gasteiger partial charge in [-0.15, -0.1) is 0 Å². The Hall–Kier alpha value is -0.690. The van der Waals surface area contributed by atoms with Gasteiger partial charge < -0.3 is 25.6 Å². The van der Waals surface area contributed by atoms with Crippen LogP contribution >= 0.6 is 0 Å². The third-order valence-corrected chi connectivity index (χ3v) is 2.15. The molecule has 3 N–H and O–H groups in total. The van der Waals surface area contributed by atoms with Gasteiger partial charge in [0, 0.05) is 18.6 Å². The maximum Gasteiger partial charge on any atom is 0.241 e. The first-order chi connectivity index (χ1) is 6.86. The second-order valence-electron chi connectivity index (χ2n) is 4.07. The maximum absolute atomic E-state index is 11.3. The molecule has 0 aliphatic rings. The van der Waals surface area contributed by atoms with Crippen molar-refractivity contribution in [3.63, 3.8) is 0 Å². The third kappa shape index (κ3) is 4.13. The summed E-state index contributed by atoms with van der Waals surface area (Å²) in [6, 6.07) is 0. The molecule has 0 unspecified atom stereocenters. The van der Waals surface area contributed by atoms with Crippen molar-refractivity contribution < 1.29 is 20.1 Å². The van der Waals surface area contributed by atoms with E-state index in [0.29, 0.717) is 0 Å². The second-order valence-corrected chi connectivity index (χ2v) is 4.07. The van der Waals surface area contributed by atoms with Crippen LogP contribution in [0.2, 0.25) is 0 Å². The fourth-order valence-electron chi connectivity index (χ4n) is 0.882. The SMILES string of the molecule is CC(C)(CO)[C@@H](O)C(=O)N([O-])CCCO. The summed E-state index contributed by atoms with van der Waals surface area (Å²) in [5, 5.41) is 38.1. The van der Waals surface area contributed by atoms with Crippen molar-refractivity contribution in [3.8, 4) is 0 Å². The van der Waals surface area contributed by atoms with Crippen LogP contribution in [-0.4, -0.2) is 52.2 Å². The predicted octanol–water partition coefficient (Wildman–Crippen LogP) is -0.925. The van der Waals surface area contributed by atoms with Crippen LogP contribution in [0.3, 0.4) is 0 Å². The van der Waals surface area contributed by atoms with E-state index in [0.717, 1.165) is 0 Å². The van der Waals surface area contributed by atoms with E-state index in [1.165, 1.54) is 13.8 Å². The fraction of sp³-hybridized carbons (Fsp3) is 0.889. The molecule has 0 fully saturated rings. The molecule has 0 heterocycles. The minimum atomic E-state index is -1.53. The lowest BCUT2D eigenvalue weighted by atomic mass is 9.87. The smallest absolute Gasteiger partial charge is 0.241 e. The average Bonchev–Trinajstić information content (AvgIpc) is 2.23. The van der Waals surface area contributed by atoms with Crippen LogP contribution in [-0.2, 0) is 4.79 Å². The molecule has 0 aromatic carbocycles. The Morgan fingerprint density at radius 2 is 2.00 bits per heavy atom. The Morgan fingerprint density at radius 1 is 1.47 bits per heavy atom. The molecule has 6 nitrogen and oxygen atoms in total. The first-order valence-electron chi connectivity index (χ1n) is 4.75. The molecule has 0 aromatic heterocycles. The van der Waals surface area contributed by atoms with Gasteiger partial charge in [0.1, 0.15) is 6.10 Å². The van der Waals surface area contributed by atoms with Crippen LogP contribution in [0.1, 0.15) is 20.3 Å². The van der Waals surface area contributed by atoms with Crippen LogP contribution in [0.15, 0.2) is 0 Å². The van der Waals surface area contributed by atoms with Crippen molar-refractivity contribution in [1.29, 1.82) is 0 Å². The molecule has 0 saturated carbocycles. The first-order valence-corrected chi connectivity index (χ1v) is 4.75. The Balaban J connectivity index is 4.31. The van der Waals surface area contributed by atoms with E-state index in [1.807, 2.05) is 0 Å². The minimum absolute atomic E-state index is 0.109. The molecule has 6 heteroatoms. The molecule has 0 bridgehead atoms. The zero-order chi connectivity index (χ0) is 12.1. The van der Waals surface area contributed by atoms with Gasteiger partial charge in [-0.3, -0.25) is 4.79 Å². The van der Waals surface area contributed by atoms with Crippen molar-refractivity contribution in [1.82, 2.24) is 5.06 Å². The summed E-state index contributed by atoms with van der Waals surface area (Å²) in [6.07, 6.45) is -1.36. The van der Waals surface area contributed by atoms with Gasteiger partial charge in [0.05, 0.1) is 6.61 Å². The number of carbonyl (C=O) groups is 1. The number of rotatable bonds is 6. The predicted molar refractivity (Wildman–Crippen MR) is 53.7 cm³/mol. The molecule has 1 amide bonds. The van der Waals surface area contributed by atoms with E-state index >= 15 is 0 Å². The molecule has 0 spiro atoms. The lowest BCUT2D eigenvalue weighted by Gasteiger charge is -2.35. The lowest BCUT2D eigenvalue weighted by molar-refractivity contribution is -0.145. The fourth-order valence-corrected chi connectivity index (χ4v) is 0.882. The second kappa shape index (κ2) is 6.02. The topological polar surface area (TPSA) is 104 Å². The van der Waals surface area contributed by atoms with E-state index in [4.69, 9.17) is 10.2 Å². The quantitative estimate of drug-likeness (QED) is 0.502. The molecule has 0 aliphatic carbocycles. The number of carbonyl (C=O) groups excluding carboxylic acids is 1. The minimum Gasteiger partial charge on any atom is -0.756 e. The van der Waals surface area contributed by atoms with Crippen molar-refractivity contribution in [3.05, 3.63) is 5.21 Å². The third-order valence-electron chi connectivity index (χ3n) is 2.15. The largest absolute Gasteiger partial charge is 0.756 e. The van der Waals surface area contributed by atoms with Gasteiger partial charge in [-0.05, 0) is 6.42 Å². The van der Waals surface area contributed by atoms with Gasteiger partial charge in [-0.2, -0.15) is 0 Å².